The maximum atomic E-state index is 14.2. The van der Waals surface area contributed by atoms with Crippen molar-refractivity contribution >= 4 is 34.2 Å². The summed E-state index contributed by atoms with van der Waals surface area (Å²) < 4.78 is 6.04. The van der Waals surface area contributed by atoms with E-state index in [4.69, 9.17) is 4.74 Å². The maximum absolute atomic E-state index is 14.2. The van der Waals surface area contributed by atoms with E-state index in [9.17, 15) is 24.3 Å². The zero-order valence-corrected chi connectivity index (χ0v) is 34.1. The van der Waals surface area contributed by atoms with Gasteiger partial charge in [-0.1, -0.05) is 73.1 Å². The van der Waals surface area contributed by atoms with Gasteiger partial charge in [0.25, 0.3) is 0 Å². The lowest BCUT2D eigenvalue weighted by atomic mass is 9.82. The summed E-state index contributed by atoms with van der Waals surface area (Å²) in [5.41, 5.74) is 1.19. The smallest absolute Gasteiger partial charge is 0.226 e. The summed E-state index contributed by atoms with van der Waals surface area (Å²) in [6.45, 7) is 14.3. The van der Waals surface area contributed by atoms with Crippen molar-refractivity contribution in [2.75, 3.05) is 34.4 Å². The number of aryl methyl sites for hydroxylation is 1. The van der Waals surface area contributed by atoms with Crippen molar-refractivity contribution < 1.29 is 29.0 Å². The summed E-state index contributed by atoms with van der Waals surface area (Å²) in [5, 5.41) is 16.0. The fourth-order valence-corrected chi connectivity index (χ4v) is 8.59. The van der Waals surface area contributed by atoms with Crippen LogP contribution in [0.25, 0.3) is 10.8 Å². The number of ketones is 2. The number of hydrogen-bond acceptors (Lipinski definition) is 8. The van der Waals surface area contributed by atoms with E-state index in [1.807, 2.05) is 63.9 Å². The Balaban J connectivity index is 1.72. The van der Waals surface area contributed by atoms with Crippen LogP contribution < -0.4 is 5.32 Å². The van der Waals surface area contributed by atoms with Gasteiger partial charge >= 0.3 is 0 Å². The lowest BCUT2D eigenvalue weighted by Crippen LogP contribution is -2.54. The number of nitrogens with zero attached hydrogens (tertiary/aromatic N) is 3. The van der Waals surface area contributed by atoms with E-state index in [0.717, 1.165) is 36.5 Å². The highest BCUT2D eigenvalue weighted by Gasteiger charge is 2.42. The molecule has 1 fully saturated rings. The Kier molecular flexibility index (Phi) is 17.5. The molecular weight excluding hydrogens is 668 g/mol. The molecule has 2 heterocycles. The Morgan fingerprint density at radius 3 is 2.36 bits per heavy atom. The molecular formula is C43H68N4O6. The van der Waals surface area contributed by atoms with Gasteiger partial charge in [-0.15, -0.1) is 0 Å². The van der Waals surface area contributed by atoms with E-state index >= 15 is 0 Å². The highest BCUT2D eigenvalue weighted by molar-refractivity contribution is 5.90. The van der Waals surface area contributed by atoms with Gasteiger partial charge in [0.15, 0.2) is 5.78 Å². The fourth-order valence-electron chi connectivity index (χ4n) is 8.59. The predicted molar refractivity (Wildman–Crippen MR) is 211 cm³/mol. The molecule has 0 spiro atoms. The molecule has 1 aliphatic rings. The van der Waals surface area contributed by atoms with Crippen molar-refractivity contribution in [1.29, 1.82) is 0 Å². The Bertz CT molecular complexity index is 1490. The van der Waals surface area contributed by atoms with E-state index in [0.29, 0.717) is 19.4 Å². The molecule has 0 aliphatic carbocycles. The van der Waals surface area contributed by atoms with Crippen LogP contribution in [0.1, 0.15) is 99.0 Å². The number of amides is 2. The number of aliphatic hydroxyl groups is 1. The van der Waals surface area contributed by atoms with E-state index in [2.05, 4.69) is 30.2 Å². The van der Waals surface area contributed by atoms with Crippen LogP contribution in [0.5, 0.6) is 0 Å². The number of nitrogens with one attached hydrogen (secondary N) is 1. The van der Waals surface area contributed by atoms with Crippen LogP contribution in [0.15, 0.2) is 36.7 Å². The van der Waals surface area contributed by atoms with Crippen LogP contribution in [0.3, 0.4) is 0 Å². The molecule has 2 amide bonds. The van der Waals surface area contributed by atoms with Crippen molar-refractivity contribution in [3.63, 3.8) is 0 Å². The minimum Gasteiger partial charge on any atom is -0.396 e. The number of ether oxygens (including phenoxy) is 1. The zero-order valence-electron chi connectivity index (χ0n) is 34.1. The van der Waals surface area contributed by atoms with Gasteiger partial charge in [0.2, 0.25) is 11.8 Å². The van der Waals surface area contributed by atoms with Crippen molar-refractivity contribution in [2.45, 2.75) is 124 Å². The summed E-state index contributed by atoms with van der Waals surface area (Å²) in [7, 11) is 5.14. The second-order valence-corrected chi connectivity index (χ2v) is 16.1. The largest absolute Gasteiger partial charge is 0.396 e. The Hall–Kier alpha value is -3.21. The highest BCUT2D eigenvalue weighted by atomic mass is 16.5. The summed E-state index contributed by atoms with van der Waals surface area (Å²) >= 11 is 0. The molecule has 1 aromatic heterocycles. The minimum atomic E-state index is -0.576. The number of carbonyl (C=O) groups is 4. The van der Waals surface area contributed by atoms with Gasteiger partial charge in [-0.05, 0) is 67.5 Å². The molecule has 0 saturated carbocycles. The third-order valence-corrected chi connectivity index (χ3v) is 12.1. The van der Waals surface area contributed by atoms with Crippen molar-refractivity contribution in [2.24, 2.45) is 35.5 Å². The molecule has 1 aromatic carbocycles. The molecule has 2 N–H and O–H groups in total. The Labute approximate surface area is 318 Å². The van der Waals surface area contributed by atoms with Crippen LogP contribution in [0.2, 0.25) is 0 Å². The number of carbonyl (C=O) groups excluding carboxylic acids is 4. The first kappa shape index (κ1) is 44.2. The summed E-state index contributed by atoms with van der Waals surface area (Å²) in [6.07, 6.45) is 7.44. The number of pyridine rings is 1. The number of aliphatic hydroxyl groups excluding tert-OH is 1. The molecule has 10 nitrogen and oxygen atoms in total. The normalized spacial score (nSPS) is 18.8. The van der Waals surface area contributed by atoms with Gasteiger partial charge in [0, 0.05) is 81.7 Å². The average molecular weight is 737 g/mol. The standard InChI is InChI=1S/C43H68N4O6/c1-11-29(6)42(46(9)43(52)34(27(2)3)23-38(50)41(44-8)28(4)5)39(53-10)24-40(51)47-22-14-18-36(47)35(26-48)30(7)37(49)19-13-16-31-15-12-17-32-25-45-21-20-33(31)32/h12,15,17,20-21,25,27-30,34-36,39,41-42,44,48H,11,13-14,16,18-19,22-24,26H2,1-10H3/t29-,30+,34-,35+,36-,39+,41-,42?/m0/s1. The third kappa shape index (κ3) is 11.2. The van der Waals surface area contributed by atoms with Crippen LogP contribution in [0, 0.1) is 35.5 Å². The number of methoxy groups -OCH3 is 1. The lowest BCUT2D eigenvalue weighted by molar-refractivity contribution is -0.148. The fraction of sp³-hybridized carbons (Fsp3) is 0.698. The first-order valence-electron chi connectivity index (χ1n) is 20.0. The second kappa shape index (κ2) is 21.0. The molecule has 8 atom stereocenters. The van der Waals surface area contributed by atoms with E-state index in [1.54, 1.807) is 32.3 Å². The SMILES string of the molecule is CC[C@H](C)C([C@@H](CC(=O)N1CCC[C@H]1[C@H](CO)[C@@H](C)C(=O)CCCc1cccc2cnccc12)OC)N(C)C(=O)[C@@H](CC(=O)[C@@H](NC)C(C)C)C(C)C. The first-order chi connectivity index (χ1) is 25.2. The van der Waals surface area contributed by atoms with Crippen molar-refractivity contribution in [3.8, 4) is 0 Å². The van der Waals surface area contributed by atoms with Gasteiger partial charge in [-0.2, -0.15) is 0 Å². The van der Waals surface area contributed by atoms with Crippen molar-refractivity contribution in [3.05, 3.63) is 42.2 Å². The first-order valence-corrected chi connectivity index (χ1v) is 20.0. The van der Waals surface area contributed by atoms with Gasteiger partial charge in [0.1, 0.15) is 5.78 Å². The average Bonchev–Trinajstić information content (AvgIpc) is 3.63. The predicted octanol–water partition coefficient (Wildman–Crippen LogP) is 6.12. The third-order valence-electron chi connectivity index (χ3n) is 12.1. The molecule has 1 saturated heterocycles. The molecule has 53 heavy (non-hydrogen) atoms. The molecule has 0 bridgehead atoms. The van der Waals surface area contributed by atoms with E-state index < -0.39 is 24.0 Å². The number of aromatic nitrogens is 1. The topological polar surface area (TPSA) is 129 Å². The van der Waals surface area contributed by atoms with E-state index in [1.165, 1.54) is 5.56 Å². The van der Waals surface area contributed by atoms with Crippen LogP contribution in [-0.2, 0) is 30.3 Å². The van der Waals surface area contributed by atoms with Gasteiger partial charge in [0.05, 0.1) is 24.6 Å². The number of rotatable bonds is 22. The van der Waals surface area contributed by atoms with Crippen LogP contribution in [-0.4, -0.2) is 102 Å². The zero-order chi connectivity index (χ0) is 39.4. The van der Waals surface area contributed by atoms with Gasteiger partial charge < -0.3 is 25.0 Å². The number of Topliss-reactive ketones (excluding diaryl/α,β-unsaturated/α-hetero) is 2. The summed E-state index contributed by atoms with van der Waals surface area (Å²) in [5.74, 6) is -1.29. The molecule has 296 valence electrons. The molecule has 10 heteroatoms. The summed E-state index contributed by atoms with van der Waals surface area (Å²) in [4.78, 5) is 63.0. The molecule has 1 aliphatic heterocycles. The number of likely N-dealkylation sites (N-methyl/N-ethyl adjacent to an activating group) is 2. The highest BCUT2D eigenvalue weighted by Crippen LogP contribution is 2.33. The Morgan fingerprint density at radius 2 is 1.75 bits per heavy atom. The molecule has 0 radical (unpaired) electrons. The van der Waals surface area contributed by atoms with E-state index in [-0.39, 0.29) is 78.6 Å². The second-order valence-electron chi connectivity index (χ2n) is 16.1. The maximum Gasteiger partial charge on any atom is 0.226 e. The van der Waals surface area contributed by atoms with Gasteiger partial charge in [-0.25, -0.2) is 0 Å². The molecule has 2 aromatic rings. The quantitative estimate of drug-likeness (QED) is 0.148. The monoisotopic (exact) mass is 737 g/mol. The number of fused-ring (bicyclic) bond motifs is 1. The van der Waals surface area contributed by atoms with Crippen LogP contribution in [0.4, 0.5) is 0 Å². The van der Waals surface area contributed by atoms with Crippen molar-refractivity contribution in [1.82, 2.24) is 20.1 Å². The minimum absolute atomic E-state index is 0.0219. The lowest BCUT2D eigenvalue weighted by Gasteiger charge is -2.41. The molecule has 3 rings (SSSR count). The number of benzene rings is 1. The van der Waals surface area contributed by atoms with Gasteiger partial charge in [-0.3, -0.25) is 24.2 Å². The van der Waals surface area contributed by atoms with Crippen LogP contribution >= 0.6 is 0 Å². The number of likely N-dealkylation sites (tertiary alicyclic amines) is 1. The summed E-state index contributed by atoms with van der Waals surface area (Å²) in [6, 6.07) is 7.19. The number of hydrogen-bond donors (Lipinski definition) is 2. The molecule has 1 unspecified atom stereocenters. The Morgan fingerprint density at radius 1 is 1.04 bits per heavy atom.